The van der Waals surface area contributed by atoms with E-state index in [1.807, 2.05) is 0 Å². The Labute approximate surface area is 123 Å². The summed E-state index contributed by atoms with van der Waals surface area (Å²) < 4.78 is 6.15. The second kappa shape index (κ2) is 5.87. The number of hydrogen-bond donors (Lipinski definition) is 1. The van der Waals surface area contributed by atoms with Crippen LogP contribution in [0.1, 0.15) is 55.5 Å². The van der Waals surface area contributed by atoms with Crippen LogP contribution in [0, 0.1) is 26.2 Å². The van der Waals surface area contributed by atoms with Crippen LogP contribution in [-0.2, 0) is 4.74 Å². The Morgan fingerprint density at radius 2 is 1.70 bits per heavy atom. The van der Waals surface area contributed by atoms with Gasteiger partial charge < -0.3 is 10.1 Å². The summed E-state index contributed by atoms with van der Waals surface area (Å²) in [6, 6.07) is 5.05. The van der Waals surface area contributed by atoms with Crippen molar-refractivity contribution in [3.63, 3.8) is 0 Å². The minimum atomic E-state index is 0.183. The van der Waals surface area contributed by atoms with Crippen LogP contribution in [0.5, 0.6) is 0 Å². The number of rotatable bonds is 1. The molecule has 0 bridgehead atoms. The van der Waals surface area contributed by atoms with Gasteiger partial charge in [-0.25, -0.2) is 0 Å². The predicted octanol–water partition coefficient (Wildman–Crippen LogP) is 4.08. The average molecular weight is 275 g/mol. The third kappa shape index (κ3) is 3.42. The molecule has 2 heteroatoms. The first-order valence-corrected chi connectivity index (χ1v) is 7.72. The molecule has 1 aliphatic rings. The molecule has 20 heavy (non-hydrogen) atoms. The molecule has 1 saturated heterocycles. The van der Waals surface area contributed by atoms with Gasteiger partial charge in [0.25, 0.3) is 0 Å². The Bertz CT molecular complexity index is 450. The SMILES string of the molecule is Cc1cc(C)c(C2CNC(C(C)(C)C)CCO2)c(C)c1. The van der Waals surface area contributed by atoms with Gasteiger partial charge >= 0.3 is 0 Å². The molecule has 0 radical (unpaired) electrons. The van der Waals surface area contributed by atoms with Gasteiger partial charge in [0.2, 0.25) is 0 Å². The van der Waals surface area contributed by atoms with Crippen LogP contribution in [-0.4, -0.2) is 19.2 Å². The number of nitrogens with one attached hydrogen (secondary N) is 1. The highest BCUT2D eigenvalue weighted by atomic mass is 16.5. The monoisotopic (exact) mass is 275 g/mol. The van der Waals surface area contributed by atoms with E-state index in [0.29, 0.717) is 6.04 Å². The molecule has 1 aromatic carbocycles. The maximum Gasteiger partial charge on any atom is 0.0954 e. The first-order chi connectivity index (χ1) is 9.29. The normalized spacial score (nSPS) is 24.5. The summed E-state index contributed by atoms with van der Waals surface area (Å²) >= 11 is 0. The summed E-state index contributed by atoms with van der Waals surface area (Å²) in [5.74, 6) is 0. The molecule has 1 heterocycles. The molecule has 0 aromatic heterocycles. The van der Waals surface area contributed by atoms with Gasteiger partial charge in [-0.05, 0) is 49.3 Å². The minimum absolute atomic E-state index is 0.183. The standard InChI is InChI=1S/C18H29NO/c1-12-9-13(2)17(14(3)10-12)15-11-19-16(7-8-20-15)18(4,5)6/h9-10,15-16,19H,7-8,11H2,1-6H3. The van der Waals surface area contributed by atoms with Crippen molar-refractivity contribution in [2.75, 3.05) is 13.2 Å². The highest BCUT2D eigenvalue weighted by Gasteiger charge is 2.29. The van der Waals surface area contributed by atoms with Gasteiger partial charge in [-0.15, -0.1) is 0 Å². The van der Waals surface area contributed by atoms with E-state index in [1.54, 1.807) is 0 Å². The van der Waals surface area contributed by atoms with E-state index >= 15 is 0 Å². The molecule has 2 atom stereocenters. The Kier molecular flexibility index (Phi) is 4.55. The summed E-state index contributed by atoms with van der Waals surface area (Å²) in [6.45, 7) is 15.2. The van der Waals surface area contributed by atoms with Gasteiger partial charge in [0.15, 0.2) is 0 Å². The smallest absolute Gasteiger partial charge is 0.0954 e. The minimum Gasteiger partial charge on any atom is -0.372 e. The molecule has 1 fully saturated rings. The zero-order valence-corrected chi connectivity index (χ0v) is 13.8. The first kappa shape index (κ1) is 15.5. The van der Waals surface area contributed by atoms with E-state index < -0.39 is 0 Å². The summed E-state index contributed by atoms with van der Waals surface area (Å²) in [5, 5.41) is 3.71. The number of aryl methyl sites for hydroxylation is 3. The predicted molar refractivity (Wildman–Crippen MR) is 85.2 cm³/mol. The van der Waals surface area contributed by atoms with E-state index in [0.717, 1.165) is 19.6 Å². The molecule has 1 N–H and O–H groups in total. The molecule has 0 amide bonds. The van der Waals surface area contributed by atoms with Crippen molar-refractivity contribution >= 4 is 0 Å². The molecule has 2 nitrogen and oxygen atoms in total. The molecule has 2 rings (SSSR count). The maximum atomic E-state index is 6.15. The van der Waals surface area contributed by atoms with Crippen molar-refractivity contribution in [3.05, 3.63) is 34.4 Å². The molecule has 0 saturated carbocycles. The zero-order chi connectivity index (χ0) is 14.9. The fraction of sp³-hybridized carbons (Fsp3) is 0.667. The Morgan fingerprint density at radius 3 is 2.25 bits per heavy atom. The lowest BCUT2D eigenvalue weighted by Crippen LogP contribution is -2.40. The maximum absolute atomic E-state index is 6.15. The van der Waals surface area contributed by atoms with Crippen LogP contribution in [0.4, 0.5) is 0 Å². The van der Waals surface area contributed by atoms with Crippen molar-refractivity contribution in [2.24, 2.45) is 5.41 Å². The Balaban J connectivity index is 2.19. The second-order valence-corrected chi connectivity index (χ2v) is 7.29. The third-order valence-electron chi connectivity index (χ3n) is 4.38. The summed E-state index contributed by atoms with van der Waals surface area (Å²) in [6.07, 6.45) is 1.27. The van der Waals surface area contributed by atoms with Gasteiger partial charge in [0.1, 0.15) is 0 Å². The Hall–Kier alpha value is -0.860. The van der Waals surface area contributed by atoms with Gasteiger partial charge in [0.05, 0.1) is 6.10 Å². The van der Waals surface area contributed by atoms with Gasteiger partial charge in [0, 0.05) is 19.2 Å². The molecule has 1 aliphatic heterocycles. The zero-order valence-electron chi connectivity index (χ0n) is 13.8. The molecule has 0 aliphatic carbocycles. The molecular formula is C18H29NO. The van der Waals surface area contributed by atoms with E-state index in [4.69, 9.17) is 4.74 Å². The van der Waals surface area contributed by atoms with Crippen LogP contribution >= 0.6 is 0 Å². The van der Waals surface area contributed by atoms with Crippen molar-refractivity contribution in [2.45, 2.75) is 60.1 Å². The second-order valence-electron chi connectivity index (χ2n) is 7.29. The lowest BCUT2D eigenvalue weighted by molar-refractivity contribution is 0.0645. The molecule has 2 unspecified atom stereocenters. The largest absolute Gasteiger partial charge is 0.372 e. The molecular weight excluding hydrogens is 246 g/mol. The average Bonchev–Trinajstić information content (AvgIpc) is 2.52. The van der Waals surface area contributed by atoms with Gasteiger partial charge in [-0.3, -0.25) is 0 Å². The molecule has 1 aromatic rings. The van der Waals surface area contributed by atoms with Crippen molar-refractivity contribution < 1.29 is 4.74 Å². The first-order valence-electron chi connectivity index (χ1n) is 7.72. The number of hydrogen-bond acceptors (Lipinski definition) is 2. The molecule has 0 spiro atoms. The fourth-order valence-electron chi connectivity index (χ4n) is 3.36. The number of benzene rings is 1. The Morgan fingerprint density at radius 1 is 1.10 bits per heavy atom. The lowest BCUT2D eigenvalue weighted by Gasteiger charge is -2.30. The van der Waals surface area contributed by atoms with Crippen molar-refractivity contribution in [3.8, 4) is 0 Å². The van der Waals surface area contributed by atoms with E-state index in [-0.39, 0.29) is 11.5 Å². The van der Waals surface area contributed by atoms with E-state index in [2.05, 4.69) is 59.0 Å². The van der Waals surface area contributed by atoms with E-state index in [1.165, 1.54) is 22.3 Å². The highest BCUT2D eigenvalue weighted by Crippen LogP contribution is 2.30. The quantitative estimate of drug-likeness (QED) is 0.834. The van der Waals surface area contributed by atoms with Gasteiger partial charge in [-0.1, -0.05) is 38.5 Å². The molecule has 112 valence electrons. The van der Waals surface area contributed by atoms with Crippen LogP contribution in [0.2, 0.25) is 0 Å². The van der Waals surface area contributed by atoms with Crippen LogP contribution in [0.3, 0.4) is 0 Å². The van der Waals surface area contributed by atoms with Crippen LogP contribution in [0.15, 0.2) is 12.1 Å². The lowest BCUT2D eigenvalue weighted by atomic mass is 9.85. The summed E-state index contributed by atoms with van der Waals surface area (Å²) in [7, 11) is 0. The fourth-order valence-corrected chi connectivity index (χ4v) is 3.36. The van der Waals surface area contributed by atoms with Gasteiger partial charge in [-0.2, -0.15) is 0 Å². The summed E-state index contributed by atoms with van der Waals surface area (Å²) in [4.78, 5) is 0. The summed E-state index contributed by atoms with van der Waals surface area (Å²) in [5.41, 5.74) is 5.69. The highest BCUT2D eigenvalue weighted by molar-refractivity contribution is 5.39. The topological polar surface area (TPSA) is 21.3 Å². The van der Waals surface area contributed by atoms with Crippen molar-refractivity contribution in [1.82, 2.24) is 5.32 Å². The third-order valence-corrected chi connectivity index (χ3v) is 4.38. The van der Waals surface area contributed by atoms with Crippen LogP contribution in [0.25, 0.3) is 0 Å². The van der Waals surface area contributed by atoms with E-state index in [9.17, 15) is 0 Å². The number of ether oxygens (including phenoxy) is 1. The van der Waals surface area contributed by atoms with Crippen molar-refractivity contribution in [1.29, 1.82) is 0 Å². The van der Waals surface area contributed by atoms with Crippen LogP contribution < -0.4 is 5.32 Å².